The van der Waals surface area contributed by atoms with E-state index in [9.17, 15) is 19.2 Å². The fourth-order valence-electron chi connectivity index (χ4n) is 7.24. The van der Waals surface area contributed by atoms with Crippen LogP contribution in [0, 0.1) is 11.8 Å². The van der Waals surface area contributed by atoms with Crippen LogP contribution < -0.4 is 0 Å². The molecule has 4 bridgehead atoms. The van der Waals surface area contributed by atoms with Gasteiger partial charge in [0.1, 0.15) is 5.60 Å². The highest BCUT2D eigenvalue weighted by molar-refractivity contribution is 5.88. The van der Waals surface area contributed by atoms with Gasteiger partial charge in [0.05, 0.1) is 11.7 Å². The van der Waals surface area contributed by atoms with Gasteiger partial charge in [0.15, 0.2) is 19.3 Å². The van der Waals surface area contributed by atoms with Gasteiger partial charge < -0.3 is 28.4 Å². The summed E-state index contributed by atoms with van der Waals surface area (Å²) in [5, 5.41) is 0. The number of ether oxygens (including phenoxy) is 6. The molecule has 5 fully saturated rings. The molecule has 5 aliphatic rings. The van der Waals surface area contributed by atoms with Gasteiger partial charge in [0.25, 0.3) is 0 Å². The standard InChI is InChI=1S/C29H42O10/c1-18(2)26(32)35-15-24(30)34-16-25(31)39-29-13-21-10-22(14-29)12-28(11-21,17-29)38-19(3)27(33)37-20(4)36-23-8-6-5-7-9-23/h19-23H,1,5-17H2,2-4H3. The number of hydrogen-bond acceptors (Lipinski definition) is 10. The van der Waals surface area contributed by atoms with E-state index in [1.165, 1.54) is 13.3 Å². The van der Waals surface area contributed by atoms with Gasteiger partial charge in [0, 0.05) is 12.0 Å². The SMILES string of the molecule is C=C(C)C(=O)OCC(=O)OCC(=O)OC12CC3CC(C1)CC(OC(C)C(=O)OC(C)OC1CCCCC1)(C3)C2. The van der Waals surface area contributed by atoms with E-state index in [0.717, 1.165) is 57.8 Å². The summed E-state index contributed by atoms with van der Waals surface area (Å²) in [6, 6.07) is 0. The Hall–Kier alpha value is -2.46. The number of carbonyl (C=O) groups is 4. The molecule has 218 valence electrons. The van der Waals surface area contributed by atoms with Crippen molar-refractivity contribution in [2.75, 3.05) is 13.2 Å². The summed E-state index contributed by atoms with van der Waals surface area (Å²) >= 11 is 0. The van der Waals surface area contributed by atoms with Crippen molar-refractivity contribution in [3.63, 3.8) is 0 Å². The maximum Gasteiger partial charge on any atom is 0.344 e. The van der Waals surface area contributed by atoms with Gasteiger partial charge in [-0.25, -0.2) is 19.2 Å². The van der Waals surface area contributed by atoms with E-state index in [0.29, 0.717) is 18.3 Å². The van der Waals surface area contributed by atoms with Gasteiger partial charge in [-0.1, -0.05) is 25.8 Å². The topological polar surface area (TPSA) is 124 Å². The highest BCUT2D eigenvalue weighted by atomic mass is 16.7. The van der Waals surface area contributed by atoms with Crippen molar-refractivity contribution in [2.24, 2.45) is 11.8 Å². The Bertz CT molecular complexity index is 938. The summed E-state index contributed by atoms with van der Waals surface area (Å²) in [5.74, 6) is -2.04. The maximum absolute atomic E-state index is 12.9. The summed E-state index contributed by atoms with van der Waals surface area (Å²) in [7, 11) is 0. The third kappa shape index (κ3) is 7.81. The predicted molar refractivity (Wildman–Crippen MR) is 137 cm³/mol. The lowest BCUT2D eigenvalue weighted by Crippen LogP contribution is -2.62. The first kappa shape index (κ1) is 29.5. The van der Waals surface area contributed by atoms with Crippen molar-refractivity contribution >= 4 is 23.9 Å². The Morgan fingerprint density at radius 2 is 1.49 bits per heavy atom. The Morgan fingerprint density at radius 1 is 0.872 bits per heavy atom. The third-order valence-electron chi connectivity index (χ3n) is 8.28. The summed E-state index contributed by atoms with van der Waals surface area (Å²) in [4.78, 5) is 48.8. The van der Waals surface area contributed by atoms with Crippen molar-refractivity contribution in [3.8, 4) is 0 Å². The van der Waals surface area contributed by atoms with Gasteiger partial charge >= 0.3 is 23.9 Å². The lowest BCUT2D eigenvalue weighted by molar-refractivity contribution is -0.251. The molecule has 4 unspecified atom stereocenters. The average molecular weight is 551 g/mol. The second-order valence-corrected chi connectivity index (χ2v) is 12.0. The highest BCUT2D eigenvalue weighted by Crippen LogP contribution is 2.60. The van der Waals surface area contributed by atoms with Crippen LogP contribution in [0.5, 0.6) is 0 Å². The van der Waals surface area contributed by atoms with Gasteiger partial charge in [-0.2, -0.15) is 0 Å². The molecule has 0 N–H and O–H groups in total. The molecule has 0 spiro atoms. The molecular formula is C29H42O10. The minimum Gasteiger partial charge on any atom is -0.456 e. The molecule has 0 amide bonds. The van der Waals surface area contributed by atoms with Crippen LogP contribution in [-0.2, 0) is 47.6 Å². The largest absolute Gasteiger partial charge is 0.456 e. The van der Waals surface area contributed by atoms with Crippen molar-refractivity contribution in [3.05, 3.63) is 12.2 Å². The molecule has 39 heavy (non-hydrogen) atoms. The first-order valence-electron chi connectivity index (χ1n) is 14.2. The van der Waals surface area contributed by atoms with Crippen molar-refractivity contribution in [1.29, 1.82) is 0 Å². The van der Waals surface area contributed by atoms with Crippen LogP contribution in [0.25, 0.3) is 0 Å². The van der Waals surface area contributed by atoms with Crippen LogP contribution in [0.3, 0.4) is 0 Å². The van der Waals surface area contributed by atoms with Crippen LogP contribution in [-0.4, -0.2) is 66.8 Å². The van der Waals surface area contributed by atoms with Crippen LogP contribution in [0.1, 0.15) is 91.4 Å². The van der Waals surface area contributed by atoms with E-state index in [1.54, 1.807) is 13.8 Å². The fraction of sp³-hybridized carbons (Fsp3) is 0.793. The van der Waals surface area contributed by atoms with Gasteiger partial charge in [-0.3, -0.25) is 0 Å². The minimum atomic E-state index is -0.846. The fourth-order valence-corrected chi connectivity index (χ4v) is 7.24. The molecule has 10 heteroatoms. The molecule has 4 atom stereocenters. The Kier molecular flexibility index (Phi) is 9.37. The summed E-state index contributed by atoms with van der Waals surface area (Å²) in [6.07, 6.45) is 8.73. The number of carbonyl (C=O) groups excluding carboxylic acids is 4. The van der Waals surface area contributed by atoms with Gasteiger partial charge in [-0.05, 0) is 77.6 Å². The summed E-state index contributed by atoms with van der Waals surface area (Å²) in [6.45, 7) is 7.16. The second kappa shape index (κ2) is 12.4. The van der Waals surface area contributed by atoms with Crippen LogP contribution >= 0.6 is 0 Å². The Morgan fingerprint density at radius 3 is 2.13 bits per heavy atom. The first-order chi connectivity index (χ1) is 18.5. The molecule has 0 saturated heterocycles. The lowest BCUT2D eigenvalue weighted by Gasteiger charge is -2.60. The van der Waals surface area contributed by atoms with Gasteiger partial charge in [-0.15, -0.1) is 0 Å². The molecule has 0 heterocycles. The summed E-state index contributed by atoms with van der Waals surface area (Å²) in [5.41, 5.74) is -1.14. The zero-order chi connectivity index (χ0) is 28.2. The molecule has 0 aliphatic heterocycles. The monoisotopic (exact) mass is 550 g/mol. The molecule has 0 aromatic rings. The lowest BCUT2D eigenvalue weighted by atomic mass is 9.52. The van der Waals surface area contributed by atoms with E-state index in [-0.39, 0.29) is 11.7 Å². The van der Waals surface area contributed by atoms with E-state index in [2.05, 4.69) is 6.58 Å². The van der Waals surface area contributed by atoms with E-state index in [1.807, 2.05) is 0 Å². The molecule has 5 saturated carbocycles. The molecular weight excluding hydrogens is 508 g/mol. The quantitative estimate of drug-likeness (QED) is 0.153. The normalized spacial score (nSPS) is 31.2. The molecule has 0 aromatic carbocycles. The highest BCUT2D eigenvalue weighted by Gasteiger charge is 2.61. The van der Waals surface area contributed by atoms with Crippen molar-refractivity contribution in [1.82, 2.24) is 0 Å². The van der Waals surface area contributed by atoms with Crippen LogP contribution in [0.2, 0.25) is 0 Å². The second-order valence-electron chi connectivity index (χ2n) is 12.0. The number of esters is 4. The summed E-state index contributed by atoms with van der Waals surface area (Å²) < 4.78 is 33.5. The van der Waals surface area contributed by atoms with Crippen LogP contribution in [0.4, 0.5) is 0 Å². The average Bonchev–Trinajstić information content (AvgIpc) is 2.85. The molecule has 0 aromatic heterocycles. The molecule has 5 aliphatic carbocycles. The third-order valence-corrected chi connectivity index (χ3v) is 8.28. The molecule has 0 radical (unpaired) electrons. The van der Waals surface area contributed by atoms with E-state index in [4.69, 9.17) is 28.4 Å². The zero-order valence-corrected chi connectivity index (χ0v) is 23.4. The zero-order valence-electron chi connectivity index (χ0n) is 23.4. The number of hydrogen-bond donors (Lipinski definition) is 0. The molecule has 10 nitrogen and oxygen atoms in total. The Labute approximate surface area is 230 Å². The smallest absolute Gasteiger partial charge is 0.344 e. The molecule has 5 rings (SSSR count). The Balaban J connectivity index is 1.27. The maximum atomic E-state index is 12.9. The van der Waals surface area contributed by atoms with Crippen LogP contribution in [0.15, 0.2) is 12.2 Å². The van der Waals surface area contributed by atoms with Crippen molar-refractivity contribution < 1.29 is 47.6 Å². The van der Waals surface area contributed by atoms with Crippen molar-refractivity contribution in [2.45, 2.75) is 121 Å². The van der Waals surface area contributed by atoms with Gasteiger partial charge in [0.2, 0.25) is 6.29 Å². The minimum absolute atomic E-state index is 0.126. The predicted octanol–water partition coefficient (Wildman–Crippen LogP) is 3.93. The van der Waals surface area contributed by atoms with E-state index < -0.39 is 60.7 Å². The first-order valence-corrected chi connectivity index (χ1v) is 14.2. The van der Waals surface area contributed by atoms with E-state index >= 15 is 0 Å². The number of rotatable bonds is 12.